The molecule has 0 aromatic carbocycles. The van der Waals surface area contributed by atoms with Crippen molar-refractivity contribution >= 4 is 5.91 Å². The van der Waals surface area contributed by atoms with Crippen LogP contribution in [0.3, 0.4) is 0 Å². The van der Waals surface area contributed by atoms with Crippen molar-refractivity contribution in [1.82, 2.24) is 10.2 Å². The molecule has 0 spiro atoms. The zero-order valence-corrected chi connectivity index (χ0v) is 11.5. The summed E-state index contributed by atoms with van der Waals surface area (Å²) in [5, 5.41) is 12.2. The van der Waals surface area contributed by atoms with E-state index in [4.69, 9.17) is 0 Å². The molecule has 0 radical (unpaired) electrons. The lowest BCUT2D eigenvalue weighted by Crippen LogP contribution is -2.53. The van der Waals surface area contributed by atoms with Gasteiger partial charge in [0.05, 0.1) is 6.04 Å². The van der Waals surface area contributed by atoms with E-state index in [1.54, 1.807) is 0 Å². The summed E-state index contributed by atoms with van der Waals surface area (Å²) >= 11 is 0. The second kappa shape index (κ2) is 5.83. The second-order valence-corrected chi connectivity index (χ2v) is 6.10. The molecule has 2 atom stereocenters. The average molecular weight is 242 g/mol. The molecule has 0 aromatic heterocycles. The summed E-state index contributed by atoms with van der Waals surface area (Å²) in [6.45, 7) is 9.93. The van der Waals surface area contributed by atoms with Gasteiger partial charge in [-0.1, -0.05) is 0 Å². The number of hydrogen-bond acceptors (Lipinski definition) is 3. The molecule has 1 heterocycles. The van der Waals surface area contributed by atoms with Crippen LogP contribution in [-0.4, -0.2) is 47.2 Å². The number of amides is 1. The lowest BCUT2D eigenvalue weighted by Gasteiger charge is -2.36. The predicted octanol–water partition coefficient (Wildman–Crippen LogP) is 0.994. The lowest BCUT2D eigenvalue weighted by atomic mass is 9.97. The fourth-order valence-corrected chi connectivity index (χ4v) is 2.24. The highest BCUT2D eigenvalue weighted by atomic mass is 16.3. The Bertz CT molecular complexity index is 261. The molecule has 2 N–H and O–H groups in total. The topological polar surface area (TPSA) is 52.6 Å². The Hall–Kier alpha value is -0.610. The van der Waals surface area contributed by atoms with Gasteiger partial charge in [0.25, 0.3) is 0 Å². The number of nitrogens with zero attached hydrogens (tertiary/aromatic N) is 1. The highest BCUT2D eigenvalue weighted by Gasteiger charge is 2.28. The molecule has 0 aliphatic carbocycles. The van der Waals surface area contributed by atoms with Crippen LogP contribution in [0.5, 0.6) is 0 Å². The normalized spacial score (nSPS) is 24.4. The van der Waals surface area contributed by atoms with Crippen LogP contribution in [0.25, 0.3) is 0 Å². The van der Waals surface area contributed by atoms with E-state index in [0.717, 1.165) is 25.9 Å². The van der Waals surface area contributed by atoms with Crippen molar-refractivity contribution in [2.75, 3.05) is 19.7 Å². The first-order valence-corrected chi connectivity index (χ1v) is 6.50. The van der Waals surface area contributed by atoms with E-state index in [9.17, 15) is 9.90 Å². The molecule has 1 fully saturated rings. The van der Waals surface area contributed by atoms with Crippen molar-refractivity contribution in [2.24, 2.45) is 5.92 Å². The van der Waals surface area contributed by atoms with E-state index in [1.807, 2.05) is 27.7 Å². The number of aliphatic hydroxyl groups excluding tert-OH is 1. The molecule has 1 rings (SSSR count). The summed E-state index contributed by atoms with van der Waals surface area (Å²) in [7, 11) is 0. The molecular weight excluding hydrogens is 216 g/mol. The number of piperidine rings is 1. The molecule has 4 nitrogen and oxygen atoms in total. The van der Waals surface area contributed by atoms with Crippen molar-refractivity contribution in [1.29, 1.82) is 0 Å². The molecule has 4 heteroatoms. The molecule has 2 unspecified atom stereocenters. The van der Waals surface area contributed by atoms with Crippen LogP contribution in [0.2, 0.25) is 0 Å². The fraction of sp³-hybridized carbons (Fsp3) is 0.923. The van der Waals surface area contributed by atoms with Gasteiger partial charge in [0, 0.05) is 18.7 Å². The second-order valence-electron chi connectivity index (χ2n) is 6.10. The van der Waals surface area contributed by atoms with Crippen molar-refractivity contribution in [3.05, 3.63) is 0 Å². The average Bonchev–Trinajstić information content (AvgIpc) is 2.26. The summed E-state index contributed by atoms with van der Waals surface area (Å²) in [6.07, 6.45) is 2.14. The molecule has 1 aliphatic rings. The highest BCUT2D eigenvalue weighted by Crippen LogP contribution is 2.18. The number of nitrogens with one attached hydrogen (secondary N) is 1. The molecule has 0 bridgehead atoms. The third-order valence-corrected chi connectivity index (χ3v) is 3.23. The molecule has 1 amide bonds. The Balaban J connectivity index is 2.51. The maximum absolute atomic E-state index is 12.0. The van der Waals surface area contributed by atoms with E-state index >= 15 is 0 Å². The SMILES string of the molecule is CC(C(=O)NC(C)(C)C)N1CCCC(CO)C1. The largest absolute Gasteiger partial charge is 0.396 e. The van der Waals surface area contributed by atoms with Crippen molar-refractivity contribution in [3.8, 4) is 0 Å². The van der Waals surface area contributed by atoms with E-state index in [2.05, 4.69) is 10.2 Å². The minimum atomic E-state index is -0.183. The van der Waals surface area contributed by atoms with Crippen LogP contribution in [0, 0.1) is 5.92 Å². The molecule has 100 valence electrons. The Morgan fingerprint density at radius 3 is 2.71 bits per heavy atom. The van der Waals surface area contributed by atoms with Gasteiger partial charge < -0.3 is 10.4 Å². The number of carbonyl (C=O) groups is 1. The summed E-state index contributed by atoms with van der Waals surface area (Å²) in [5.74, 6) is 0.407. The molecule has 17 heavy (non-hydrogen) atoms. The first-order valence-electron chi connectivity index (χ1n) is 6.50. The van der Waals surface area contributed by atoms with Gasteiger partial charge in [0.1, 0.15) is 0 Å². The Morgan fingerprint density at radius 1 is 1.53 bits per heavy atom. The number of likely N-dealkylation sites (tertiary alicyclic amines) is 1. The Morgan fingerprint density at radius 2 is 2.18 bits per heavy atom. The third kappa shape index (κ3) is 4.64. The van der Waals surface area contributed by atoms with Crippen molar-refractivity contribution in [2.45, 2.75) is 52.1 Å². The smallest absolute Gasteiger partial charge is 0.237 e. The Kier molecular flexibility index (Phi) is 4.95. The quantitative estimate of drug-likeness (QED) is 0.776. The minimum absolute atomic E-state index is 0.0797. The summed E-state index contributed by atoms with van der Waals surface area (Å²) in [4.78, 5) is 14.2. The Labute approximate surface area is 104 Å². The first kappa shape index (κ1) is 14.5. The van der Waals surface area contributed by atoms with Crippen LogP contribution < -0.4 is 5.32 Å². The zero-order chi connectivity index (χ0) is 13.1. The van der Waals surface area contributed by atoms with Crippen molar-refractivity contribution < 1.29 is 9.90 Å². The molecule has 1 aliphatic heterocycles. The van der Waals surface area contributed by atoms with Gasteiger partial charge in [-0.3, -0.25) is 9.69 Å². The van der Waals surface area contributed by atoms with E-state index < -0.39 is 0 Å². The van der Waals surface area contributed by atoms with E-state index in [1.165, 1.54) is 0 Å². The van der Waals surface area contributed by atoms with Gasteiger partial charge in [0.2, 0.25) is 5.91 Å². The van der Waals surface area contributed by atoms with Gasteiger partial charge in [-0.25, -0.2) is 0 Å². The van der Waals surface area contributed by atoms with Crippen LogP contribution in [-0.2, 0) is 4.79 Å². The summed E-state index contributed by atoms with van der Waals surface area (Å²) < 4.78 is 0. The predicted molar refractivity (Wildman–Crippen MR) is 68.7 cm³/mol. The van der Waals surface area contributed by atoms with Crippen LogP contribution >= 0.6 is 0 Å². The minimum Gasteiger partial charge on any atom is -0.396 e. The van der Waals surface area contributed by atoms with Gasteiger partial charge in [-0.05, 0) is 53.0 Å². The monoisotopic (exact) mass is 242 g/mol. The first-order chi connectivity index (χ1) is 7.83. The molecule has 0 saturated carbocycles. The summed E-state index contributed by atoms with van der Waals surface area (Å²) in [5.41, 5.74) is -0.183. The third-order valence-electron chi connectivity index (χ3n) is 3.23. The summed E-state index contributed by atoms with van der Waals surface area (Å²) in [6, 6.07) is -0.108. The lowest BCUT2D eigenvalue weighted by molar-refractivity contribution is -0.128. The van der Waals surface area contributed by atoms with Gasteiger partial charge in [0.15, 0.2) is 0 Å². The van der Waals surface area contributed by atoms with Gasteiger partial charge in [-0.15, -0.1) is 0 Å². The number of rotatable bonds is 3. The highest BCUT2D eigenvalue weighted by molar-refractivity contribution is 5.81. The van der Waals surface area contributed by atoms with E-state index in [0.29, 0.717) is 5.92 Å². The maximum atomic E-state index is 12.0. The fourth-order valence-electron chi connectivity index (χ4n) is 2.24. The number of hydrogen-bond donors (Lipinski definition) is 2. The molecule has 1 saturated heterocycles. The zero-order valence-electron chi connectivity index (χ0n) is 11.5. The number of aliphatic hydroxyl groups is 1. The van der Waals surface area contributed by atoms with Crippen molar-refractivity contribution in [3.63, 3.8) is 0 Å². The standard InChI is InChI=1S/C13H26N2O2/c1-10(12(17)14-13(2,3)4)15-7-5-6-11(8-15)9-16/h10-11,16H,5-9H2,1-4H3,(H,14,17). The van der Waals surface area contributed by atoms with Crippen LogP contribution in [0.1, 0.15) is 40.5 Å². The van der Waals surface area contributed by atoms with Crippen LogP contribution in [0.4, 0.5) is 0 Å². The van der Waals surface area contributed by atoms with Crippen LogP contribution in [0.15, 0.2) is 0 Å². The maximum Gasteiger partial charge on any atom is 0.237 e. The van der Waals surface area contributed by atoms with E-state index in [-0.39, 0.29) is 24.1 Å². The molecular formula is C13H26N2O2. The van der Waals surface area contributed by atoms with Gasteiger partial charge >= 0.3 is 0 Å². The van der Waals surface area contributed by atoms with Gasteiger partial charge in [-0.2, -0.15) is 0 Å². The number of carbonyl (C=O) groups excluding carboxylic acids is 1. The molecule has 0 aromatic rings.